The summed E-state index contributed by atoms with van der Waals surface area (Å²) in [5.41, 5.74) is 4.68. The largest absolute Gasteiger partial charge is 0.486 e. The summed E-state index contributed by atoms with van der Waals surface area (Å²) in [5.74, 6) is 0.696. The normalized spacial score (nSPS) is 14.7. The van der Waals surface area contributed by atoms with Gasteiger partial charge in [-0.3, -0.25) is 10.2 Å². The Kier molecular flexibility index (Phi) is 8.12. The zero-order chi connectivity index (χ0) is 23.0. The number of ether oxygens (including phenoxy) is 1. The maximum Gasteiger partial charge on any atom is 0.336 e. The second-order valence-corrected chi connectivity index (χ2v) is 9.32. The van der Waals surface area contributed by atoms with Crippen molar-refractivity contribution < 1.29 is 27.2 Å². The van der Waals surface area contributed by atoms with Crippen LogP contribution in [-0.2, 0) is 16.6 Å². The van der Waals surface area contributed by atoms with Crippen LogP contribution < -0.4 is 20.3 Å². The number of nitrogens with zero attached hydrogens (tertiary/aromatic N) is 1. The summed E-state index contributed by atoms with van der Waals surface area (Å²) in [6.07, 6.45) is 1.56. The third kappa shape index (κ3) is 6.99. The molecule has 0 atom stereocenters. The molecule has 3 amide bonds. The van der Waals surface area contributed by atoms with Crippen LogP contribution in [0.5, 0.6) is 5.75 Å². The van der Waals surface area contributed by atoms with E-state index in [1.165, 1.54) is 11.0 Å². The molecule has 0 radical (unpaired) electrons. The number of hydrazine groups is 1. The number of furan rings is 1. The Morgan fingerprint density at radius 1 is 1.09 bits per heavy atom. The van der Waals surface area contributed by atoms with Crippen molar-refractivity contribution in [3.63, 3.8) is 0 Å². The molecular weight excluding hydrogens is 436 g/mol. The van der Waals surface area contributed by atoms with Crippen molar-refractivity contribution in [2.45, 2.75) is 38.8 Å². The maximum absolute atomic E-state index is 12.3. The zero-order valence-corrected chi connectivity index (χ0v) is 18.7. The molecular formula is C21H28N4O6S. The first-order valence-electron chi connectivity index (χ1n) is 10.5. The molecule has 1 saturated heterocycles. The lowest BCUT2D eigenvalue weighted by atomic mass is 10.1. The van der Waals surface area contributed by atoms with Gasteiger partial charge in [0.1, 0.15) is 18.1 Å². The highest BCUT2D eigenvalue weighted by Gasteiger charge is 2.26. The van der Waals surface area contributed by atoms with Crippen LogP contribution in [0.2, 0.25) is 0 Å². The van der Waals surface area contributed by atoms with Gasteiger partial charge in [-0.05, 0) is 43.5 Å². The fourth-order valence-electron chi connectivity index (χ4n) is 3.28. The molecule has 174 valence electrons. The summed E-state index contributed by atoms with van der Waals surface area (Å²) in [7, 11) is -3.28. The first-order valence-corrected chi connectivity index (χ1v) is 12.1. The minimum atomic E-state index is -3.28. The number of amides is 3. The van der Waals surface area contributed by atoms with E-state index in [-0.39, 0.29) is 24.2 Å². The lowest BCUT2D eigenvalue weighted by Gasteiger charge is -2.32. The van der Waals surface area contributed by atoms with Gasteiger partial charge in [-0.15, -0.1) is 0 Å². The van der Waals surface area contributed by atoms with Gasteiger partial charge in [0.2, 0.25) is 10.0 Å². The molecule has 2 aromatic rings. The first-order chi connectivity index (χ1) is 15.4. The van der Waals surface area contributed by atoms with E-state index in [1.807, 2.05) is 37.3 Å². The molecule has 0 aliphatic carbocycles. The highest BCUT2D eigenvalue weighted by Crippen LogP contribution is 2.14. The van der Waals surface area contributed by atoms with Crippen molar-refractivity contribution in [2.24, 2.45) is 0 Å². The zero-order valence-electron chi connectivity index (χ0n) is 17.9. The summed E-state index contributed by atoms with van der Waals surface area (Å²) in [5, 5.41) is 0. The molecule has 1 aliphatic heterocycles. The molecule has 10 nitrogen and oxygen atoms in total. The first kappa shape index (κ1) is 23.6. The van der Waals surface area contributed by atoms with Gasteiger partial charge in [-0.1, -0.05) is 25.1 Å². The number of sulfonamides is 1. The summed E-state index contributed by atoms with van der Waals surface area (Å²) >= 11 is 0. The highest BCUT2D eigenvalue weighted by atomic mass is 32.2. The Balaban J connectivity index is 1.40. The predicted molar refractivity (Wildman–Crippen MR) is 117 cm³/mol. The van der Waals surface area contributed by atoms with E-state index in [9.17, 15) is 18.0 Å². The summed E-state index contributed by atoms with van der Waals surface area (Å²) in [6.45, 7) is 2.73. The van der Waals surface area contributed by atoms with E-state index < -0.39 is 22.0 Å². The number of hydrogen-bond acceptors (Lipinski definition) is 6. The van der Waals surface area contributed by atoms with Crippen LogP contribution in [0.25, 0.3) is 0 Å². The average molecular weight is 465 g/mol. The molecule has 32 heavy (non-hydrogen) atoms. The van der Waals surface area contributed by atoms with Crippen LogP contribution in [0.1, 0.15) is 42.5 Å². The van der Waals surface area contributed by atoms with Gasteiger partial charge < -0.3 is 14.1 Å². The van der Waals surface area contributed by atoms with Crippen LogP contribution in [0.4, 0.5) is 4.79 Å². The Morgan fingerprint density at radius 2 is 1.81 bits per heavy atom. The topological polar surface area (TPSA) is 130 Å². The molecule has 0 bridgehead atoms. The third-order valence-corrected chi connectivity index (χ3v) is 6.53. The van der Waals surface area contributed by atoms with Crippen LogP contribution in [0, 0.1) is 0 Å². The minimum absolute atomic E-state index is 0.0426. The fourth-order valence-corrected chi connectivity index (χ4v) is 4.68. The number of carbonyl (C=O) groups is 2. The van der Waals surface area contributed by atoms with Crippen molar-refractivity contribution >= 4 is 22.0 Å². The molecule has 3 rings (SSSR count). The summed E-state index contributed by atoms with van der Waals surface area (Å²) < 4.78 is 37.4. The van der Waals surface area contributed by atoms with E-state index in [4.69, 9.17) is 9.15 Å². The molecule has 1 fully saturated rings. The molecule has 1 aliphatic rings. The van der Waals surface area contributed by atoms with Crippen molar-refractivity contribution in [3.8, 4) is 5.75 Å². The van der Waals surface area contributed by atoms with E-state index >= 15 is 0 Å². The summed E-state index contributed by atoms with van der Waals surface area (Å²) in [4.78, 5) is 26.1. The number of piperidine rings is 1. The van der Waals surface area contributed by atoms with Crippen LogP contribution in [0.3, 0.4) is 0 Å². The van der Waals surface area contributed by atoms with E-state index in [2.05, 4.69) is 15.6 Å². The number of benzene rings is 1. The highest BCUT2D eigenvalue weighted by molar-refractivity contribution is 7.89. The Labute approximate surface area is 187 Å². The van der Waals surface area contributed by atoms with Gasteiger partial charge in [0, 0.05) is 19.1 Å². The number of likely N-dealkylation sites (tertiary alicyclic amines) is 1. The Morgan fingerprint density at radius 3 is 2.50 bits per heavy atom. The quantitative estimate of drug-likeness (QED) is 0.513. The average Bonchev–Trinajstić information content (AvgIpc) is 3.26. The van der Waals surface area contributed by atoms with Crippen molar-refractivity contribution in [1.29, 1.82) is 0 Å². The number of rotatable bonds is 8. The van der Waals surface area contributed by atoms with E-state index in [0.29, 0.717) is 43.9 Å². The van der Waals surface area contributed by atoms with Crippen molar-refractivity contribution in [2.75, 3.05) is 18.8 Å². The summed E-state index contributed by atoms with van der Waals surface area (Å²) in [6, 6.07) is 11.7. The monoisotopic (exact) mass is 464 g/mol. The Hall–Kier alpha value is -3.05. The number of hydrogen-bond donors (Lipinski definition) is 3. The number of para-hydroxylation sites is 1. The van der Waals surface area contributed by atoms with Crippen LogP contribution in [-0.4, -0.2) is 50.1 Å². The molecule has 3 N–H and O–H groups in total. The van der Waals surface area contributed by atoms with Crippen molar-refractivity contribution in [3.05, 3.63) is 54.0 Å². The predicted octanol–water partition coefficient (Wildman–Crippen LogP) is 2.01. The number of urea groups is 1. The smallest absolute Gasteiger partial charge is 0.336 e. The maximum atomic E-state index is 12.3. The fraction of sp³-hybridized carbons (Fsp3) is 0.429. The Bertz CT molecular complexity index is 1000. The van der Waals surface area contributed by atoms with Crippen LogP contribution in [0.15, 0.2) is 46.9 Å². The SMILES string of the molecule is CCCS(=O)(=O)NC1CCN(C(=O)NNC(=O)c2ccc(COc3ccccc3)o2)CC1. The molecule has 2 heterocycles. The van der Waals surface area contributed by atoms with Gasteiger partial charge in [-0.2, -0.15) is 0 Å². The van der Waals surface area contributed by atoms with Gasteiger partial charge in [0.25, 0.3) is 0 Å². The van der Waals surface area contributed by atoms with Crippen molar-refractivity contribution in [1.82, 2.24) is 20.5 Å². The molecule has 0 unspecified atom stereocenters. The molecule has 11 heteroatoms. The third-order valence-electron chi connectivity index (χ3n) is 4.89. The molecule has 0 saturated carbocycles. The molecule has 1 aromatic carbocycles. The van der Waals surface area contributed by atoms with E-state index in [1.54, 1.807) is 6.07 Å². The van der Waals surface area contributed by atoms with Gasteiger partial charge in [-0.25, -0.2) is 23.4 Å². The number of carbonyl (C=O) groups excluding carboxylic acids is 2. The van der Waals surface area contributed by atoms with Gasteiger partial charge in [0.05, 0.1) is 5.75 Å². The number of nitrogens with one attached hydrogen (secondary N) is 3. The molecule has 1 aromatic heterocycles. The lowest BCUT2D eigenvalue weighted by molar-refractivity contribution is 0.0895. The van der Waals surface area contributed by atoms with E-state index in [0.717, 1.165) is 0 Å². The minimum Gasteiger partial charge on any atom is -0.486 e. The van der Waals surface area contributed by atoms with Gasteiger partial charge >= 0.3 is 11.9 Å². The molecule has 0 spiro atoms. The second-order valence-electron chi connectivity index (χ2n) is 7.45. The van der Waals surface area contributed by atoms with Gasteiger partial charge in [0.15, 0.2) is 5.76 Å². The standard InChI is InChI=1S/C21H28N4O6S/c1-2-14-32(28,29)24-16-10-12-25(13-11-16)21(27)23-22-20(26)19-9-8-18(31-19)15-30-17-6-4-3-5-7-17/h3-9,16,24H,2,10-15H2,1H3,(H,22,26)(H,23,27). The lowest BCUT2D eigenvalue weighted by Crippen LogP contribution is -2.53. The van der Waals surface area contributed by atoms with Crippen LogP contribution >= 0.6 is 0 Å². The second kappa shape index (κ2) is 11.0.